The third-order valence-electron chi connectivity index (χ3n) is 2.79. The van der Waals surface area contributed by atoms with Crippen molar-refractivity contribution in [2.24, 2.45) is 17.8 Å². The van der Waals surface area contributed by atoms with Crippen molar-refractivity contribution >= 4 is 8.32 Å². The molecule has 0 rings (SSSR count). The molecule has 0 aliphatic heterocycles. The third-order valence-corrected chi connectivity index (χ3v) is 8.37. The van der Waals surface area contributed by atoms with E-state index in [9.17, 15) is 0 Å². The molecule has 0 saturated heterocycles. The van der Waals surface area contributed by atoms with Crippen molar-refractivity contribution in [3.63, 3.8) is 0 Å². The fraction of sp³-hybridized carbons (Fsp3) is 1.00. The second-order valence-corrected chi connectivity index (χ2v) is 10.3. The van der Waals surface area contributed by atoms with Crippen LogP contribution in [0, 0.1) is 17.8 Å². The number of hydrogen-bond acceptors (Lipinski definition) is 1. The summed E-state index contributed by atoms with van der Waals surface area (Å²) in [6.07, 6.45) is 0. The molecule has 0 heterocycles. The van der Waals surface area contributed by atoms with Crippen LogP contribution in [-0.2, 0) is 4.43 Å². The summed E-state index contributed by atoms with van der Waals surface area (Å²) in [6.45, 7) is 17.1. The van der Waals surface area contributed by atoms with Crippen LogP contribution in [0.3, 0.4) is 0 Å². The number of hydrogen-bond donors (Lipinski definition) is 0. The Morgan fingerprint density at radius 3 is 1.25 bits per heavy atom. The zero-order valence-corrected chi connectivity index (χ0v) is 13.5. The molecule has 98 valence electrons. The minimum atomic E-state index is -1.48. The monoisotopic (exact) mass is 244 g/mol. The van der Waals surface area contributed by atoms with Crippen molar-refractivity contribution in [3.8, 4) is 0 Å². The summed E-state index contributed by atoms with van der Waals surface area (Å²) in [6, 6.07) is 3.99. The van der Waals surface area contributed by atoms with Crippen LogP contribution in [0.1, 0.15) is 48.5 Å². The Labute approximate surface area is 104 Å². The van der Waals surface area contributed by atoms with Gasteiger partial charge in [-0.3, -0.25) is 0 Å². The van der Waals surface area contributed by atoms with E-state index < -0.39 is 8.32 Å². The summed E-state index contributed by atoms with van der Waals surface area (Å²) in [5, 5.41) is 0. The summed E-state index contributed by atoms with van der Waals surface area (Å²) in [7, 11) is -1.48. The summed E-state index contributed by atoms with van der Waals surface area (Å²) in [5.74, 6) is 2.32. The number of rotatable bonds is 8. The van der Waals surface area contributed by atoms with Crippen molar-refractivity contribution in [1.82, 2.24) is 0 Å². The molecular formula is C14H32OSi. The maximum atomic E-state index is 6.30. The zero-order valence-electron chi connectivity index (χ0n) is 12.5. The largest absolute Gasteiger partial charge is 0.417 e. The van der Waals surface area contributed by atoms with Gasteiger partial charge < -0.3 is 4.43 Å². The van der Waals surface area contributed by atoms with E-state index in [1.807, 2.05) is 0 Å². The second kappa shape index (κ2) is 7.49. The molecule has 0 aromatic heterocycles. The predicted molar refractivity (Wildman–Crippen MR) is 76.3 cm³/mol. The van der Waals surface area contributed by atoms with E-state index in [1.165, 1.54) is 18.1 Å². The molecule has 0 aromatic rings. The molecule has 0 aromatic carbocycles. The molecule has 0 spiro atoms. The molecule has 0 amide bonds. The minimum Gasteiger partial charge on any atom is -0.417 e. The van der Waals surface area contributed by atoms with Crippen LogP contribution in [0.25, 0.3) is 0 Å². The normalized spacial score (nSPS) is 13.1. The lowest BCUT2D eigenvalue weighted by Gasteiger charge is -2.35. The van der Waals surface area contributed by atoms with E-state index >= 15 is 0 Å². The minimum absolute atomic E-state index is 0.774. The van der Waals surface area contributed by atoms with Crippen molar-refractivity contribution in [3.05, 3.63) is 0 Å². The van der Waals surface area contributed by atoms with Gasteiger partial charge >= 0.3 is 0 Å². The first-order chi connectivity index (χ1) is 7.31. The lowest BCUT2D eigenvalue weighted by Crippen LogP contribution is -2.42. The highest BCUT2D eigenvalue weighted by Crippen LogP contribution is 2.32. The molecule has 1 nitrogen and oxygen atoms in total. The van der Waals surface area contributed by atoms with Gasteiger partial charge in [-0.2, -0.15) is 0 Å². The molecule has 0 aliphatic rings. The Morgan fingerprint density at radius 1 is 0.750 bits per heavy atom. The summed E-state index contributed by atoms with van der Waals surface area (Å²) >= 11 is 0. The molecule has 0 unspecified atom stereocenters. The summed E-state index contributed by atoms with van der Waals surface area (Å²) in [4.78, 5) is 0. The van der Waals surface area contributed by atoms with Gasteiger partial charge in [-0.1, -0.05) is 41.5 Å². The third kappa shape index (κ3) is 6.69. The van der Waals surface area contributed by atoms with Gasteiger partial charge in [0.15, 0.2) is 8.32 Å². The Bertz CT molecular complexity index is 149. The van der Waals surface area contributed by atoms with Crippen LogP contribution in [-0.4, -0.2) is 14.9 Å². The first-order valence-electron chi connectivity index (χ1n) is 6.95. The van der Waals surface area contributed by atoms with Gasteiger partial charge in [0.05, 0.1) is 0 Å². The molecule has 0 bridgehead atoms. The molecule has 0 radical (unpaired) electrons. The second-order valence-electron chi connectivity index (χ2n) is 6.41. The SMILES string of the molecule is CCO[Si](CC(C)C)(CC(C)C)CC(C)C. The quantitative estimate of drug-likeness (QED) is 0.550. The zero-order chi connectivity index (χ0) is 12.8. The summed E-state index contributed by atoms with van der Waals surface area (Å²) < 4.78 is 6.30. The molecule has 0 fully saturated rings. The van der Waals surface area contributed by atoms with E-state index in [0.717, 1.165) is 24.4 Å². The molecule has 0 atom stereocenters. The fourth-order valence-corrected chi connectivity index (χ4v) is 8.90. The first kappa shape index (κ1) is 16.2. The van der Waals surface area contributed by atoms with Gasteiger partial charge in [-0.15, -0.1) is 0 Å². The fourth-order valence-electron chi connectivity index (χ4n) is 2.97. The highest BCUT2D eigenvalue weighted by Gasteiger charge is 2.36. The van der Waals surface area contributed by atoms with Gasteiger partial charge in [-0.05, 0) is 42.8 Å². The smallest absolute Gasteiger partial charge is 0.193 e. The molecule has 0 N–H and O–H groups in total. The van der Waals surface area contributed by atoms with Crippen molar-refractivity contribution in [1.29, 1.82) is 0 Å². The van der Waals surface area contributed by atoms with Crippen LogP contribution < -0.4 is 0 Å². The van der Waals surface area contributed by atoms with E-state index in [2.05, 4.69) is 48.5 Å². The van der Waals surface area contributed by atoms with Gasteiger partial charge in [0.2, 0.25) is 0 Å². The van der Waals surface area contributed by atoms with E-state index in [1.54, 1.807) is 0 Å². The standard InChI is InChI=1S/C14H32OSi/c1-8-15-16(9-12(2)3,10-13(4)5)11-14(6)7/h12-14H,8-11H2,1-7H3. The average Bonchev–Trinajstić information content (AvgIpc) is 1.98. The van der Waals surface area contributed by atoms with Crippen molar-refractivity contribution in [2.75, 3.05) is 6.61 Å². The highest BCUT2D eigenvalue weighted by atomic mass is 28.4. The Balaban J connectivity index is 4.72. The van der Waals surface area contributed by atoms with E-state index in [4.69, 9.17) is 4.43 Å². The highest BCUT2D eigenvalue weighted by molar-refractivity contribution is 6.74. The van der Waals surface area contributed by atoms with Gasteiger partial charge in [0.25, 0.3) is 0 Å². The Morgan fingerprint density at radius 2 is 1.06 bits per heavy atom. The topological polar surface area (TPSA) is 9.23 Å². The van der Waals surface area contributed by atoms with Gasteiger partial charge in [0.1, 0.15) is 0 Å². The van der Waals surface area contributed by atoms with Gasteiger partial charge in [-0.25, -0.2) is 0 Å². The molecule has 2 heteroatoms. The lowest BCUT2D eigenvalue weighted by molar-refractivity contribution is 0.303. The first-order valence-corrected chi connectivity index (χ1v) is 9.48. The van der Waals surface area contributed by atoms with Crippen LogP contribution in [0.2, 0.25) is 18.1 Å². The van der Waals surface area contributed by atoms with Crippen LogP contribution in [0.15, 0.2) is 0 Å². The Kier molecular flexibility index (Phi) is 7.58. The lowest BCUT2D eigenvalue weighted by atomic mass is 10.2. The molecular weight excluding hydrogens is 212 g/mol. The van der Waals surface area contributed by atoms with Crippen LogP contribution >= 0.6 is 0 Å². The maximum absolute atomic E-state index is 6.30. The summed E-state index contributed by atoms with van der Waals surface area (Å²) in [5.41, 5.74) is 0. The predicted octanol–water partition coefficient (Wildman–Crippen LogP) is 4.94. The molecule has 0 aliphatic carbocycles. The van der Waals surface area contributed by atoms with Crippen molar-refractivity contribution < 1.29 is 4.43 Å². The van der Waals surface area contributed by atoms with Gasteiger partial charge in [0, 0.05) is 6.61 Å². The van der Waals surface area contributed by atoms with E-state index in [0.29, 0.717) is 0 Å². The van der Waals surface area contributed by atoms with Crippen LogP contribution in [0.4, 0.5) is 0 Å². The molecule has 16 heavy (non-hydrogen) atoms. The van der Waals surface area contributed by atoms with Crippen LogP contribution in [0.5, 0.6) is 0 Å². The average molecular weight is 244 g/mol. The maximum Gasteiger partial charge on any atom is 0.193 e. The van der Waals surface area contributed by atoms with Crippen molar-refractivity contribution in [2.45, 2.75) is 66.6 Å². The molecule has 0 saturated carbocycles. The van der Waals surface area contributed by atoms with E-state index in [-0.39, 0.29) is 0 Å². The Hall–Kier alpha value is 0.177.